The molecular formula is C12H15N3O3S. The molecule has 0 unspecified atom stereocenters. The van der Waals surface area contributed by atoms with Gasteiger partial charge in [0, 0.05) is 0 Å². The summed E-state index contributed by atoms with van der Waals surface area (Å²) in [6.45, 7) is 3.77. The molecule has 2 rings (SSSR count). The van der Waals surface area contributed by atoms with Gasteiger partial charge in [0.2, 0.25) is 0 Å². The molecule has 0 atom stereocenters. The van der Waals surface area contributed by atoms with Crippen molar-refractivity contribution in [2.75, 3.05) is 12.4 Å². The first kappa shape index (κ1) is 13.5. The summed E-state index contributed by atoms with van der Waals surface area (Å²) in [5.41, 5.74) is 3.81. The van der Waals surface area contributed by atoms with E-state index in [1.54, 1.807) is 19.1 Å². The molecular weight excluding hydrogens is 266 g/mol. The fourth-order valence-corrected chi connectivity index (χ4v) is 3.21. The SMILES string of the molecule is CC1=NNC(=O)N(CS(=O)(=O)c2cccc(C)c2)C1. The van der Waals surface area contributed by atoms with Crippen molar-refractivity contribution in [1.82, 2.24) is 10.3 Å². The summed E-state index contributed by atoms with van der Waals surface area (Å²) in [4.78, 5) is 13.0. The third-order valence-corrected chi connectivity index (χ3v) is 4.35. The number of carbonyl (C=O) groups excluding carboxylic acids is 1. The zero-order valence-electron chi connectivity index (χ0n) is 10.8. The minimum atomic E-state index is -3.53. The minimum Gasteiger partial charge on any atom is -0.303 e. The number of hydrazone groups is 1. The largest absolute Gasteiger partial charge is 0.339 e. The molecule has 1 aromatic carbocycles. The van der Waals surface area contributed by atoms with Crippen LogP contribution < -0.4 is 5.43 Å². The highest BCUT2D eigenvalue weighted by Gasteiger charge is 2.25. The highest BCUT2D eigenvalue weighted by molar-refractivity contribution is 7.91. The Morgan fingerprint density at radius 2 is 2.11 bits per heavy atom. The summed E-state index contributed by atoms with van der Waals surface area (Å²) in [6.07, 6.45) is 0. The third-order valence-electron chi connectivity index (χ3n) is 2.72. The molecule has 0 aliphatic carbocycles. The molecule has 0 bridgehead atoms. The Morgan fingerprint density at radius 3 is 2.79 bits per heavy atom. The van der Waals surface area contributed by atoms with Crippen molar-refractivity contribution in [2.45, 2.75) is 18.7 Å². The zero-order valence-corrected chi connectivity index (χ0v) is 11.6. The molecule has 0 spiro atoms. The van der Waals surface area contributed by atoms with Gasteiger partial charge in [-0.25, -0.2) is 18.6 Å². The molecule has 19 heavy (non-hydrogen) atoms. The van der Waals surface area contributed by atoms with Gasteiger partial charge in [0.25, 0.3) is 0 Å². The number of aryl methyl sites for hydroxylation is 1. The number of hydrogen-bond donors (Lipinski definition) is 1. The minimum absolute atomic E-state index is 0.219. The quantitative estimate of drug-likeness (QED) is 0.902. The Labute approximate surface area is 112 Å². The van der Waals surface area contributed by atoms with Crippen molar-refractivity contribution < 1.29 is 13.2 Å². The van der Waals surface area contributed by atoms with Crippen LogP contribution in [0.5, 0.6) is 0 Å². The predicted octanol–water partition coefficient (Wildman–Crippen LogP) is 1.13. The molecule has 102 valence electrons. The molecule has 0 radical (unpaired) electrons. The van der Waals surface area contributed by atoms with Crippen molar-refractivity contribution >= 4 is 21.6 Å². The van der Waals surface area contributed by atoms with E-state index in [1.807, 2.05) is 13.0 Å². The molecule has 0 aromatic heterocycles. The lowest BCUT2D eigenvalue weighted by molar-refractivity contribution is 0.209. The van der Waals surface area contributed by atoms with Crippen molar-refractivity contribution in [3.8, 4) is 0 Å². The van der Waals surface area contributed by atoms with Crippen molar-refractivity contribution in [3.05, 3.63) is 29.8 Å². The summed E-state index contributed by atoms with van der Waals surface area (Å²) in [5.74, 6) is -0.352. The van der Waals surface area contributed by atoms with Gasteiger partial charge in [-0.3, -0.25) is 0 Å². The molecule has 1 aliphatic rings. The average molecular weight is 281 g/mol. The van der Waals surface area contributed by atoms with Crippen LogP contribution in [0.3, 0.4) is 0 Å². The molecule has 1 aromatic rings. The van der Waals surface area contributed by atoms with E-state index in [1.165, 1.54) is 11.0 Å². The summed E-state index contributed by atoms with van der Waals surface area (Å²) < 4.78 is 24.5. The van der Waals surface area contributed by atoms with E-state index < -0.39 is 15.9 Å². The molecule has 0 saturated heterocycles. The smallest absolute Gasteiger partial charge is 0.303 e. The predicted molar refractivity (Wildman–Crippen MR) is 71.6 cm³/mol. The molecule has 7 heteroatoms. The summed E-state index contributed by atoms with van der Waals surface area (Å²) in [7, 11) is -3.53. The van der Waals surface area contributed by atoms with Crippen molar-refractivity contribution in [2.24, 2.45) is 5.10 Å². The first-order valence-electron chi connectivity index (χ1n) is 5.76. The van der Waals surface area contributed by atoms with Crippen molar-refractivity contribution in [1.29, 1.82) is 0 Å². The number of nitrogens with zero attached hydrogens (tertiary/aromatic N) is 2. The van der Waals surface area contributed by atoms with Crippen LogP contribution in [0, 0.1) is 6.92 Å². The number of rotatable bonds is 3. The van der Waals surface area contributed by atoms with Crippen LogP contribution in [-0.4, -0.2) is 37.5 Å². The van der Waals surface area contributed by atoms with Crippen LogP contribution in [0.1, 0.15) is 12.5 Å². The fourth-order valence-electron chi connectivity index (χ4n) is 1.79. The number of benzene rings is 1. The molecule has 0 fully saturated rings. The fraction of sp³-hybridized carbons (Fsp3) is 0.333. The maximum Gasteiger partial charge on any atom is 0.339 e. The topological polar surface area (TPSA) is 78.8 Å². The molecule has 1 N–H and O–H groups in total. The monoisotopic (exact) mass is 281 g/mol. The van der Waals surface area contributed by atoms with Crippen molar-refractivity contribution in [3.63, 3.8) is 0 Å². The van der Waals surface area contributed by atoms with Gasteiger partial charge in [-0.15, -0.1) is 0 Å². The molecule has 1 aliphatic heterocycles. The van der Waals surface area contributed by atoms with E-state index in [0.717, 1.165) is 5.56 Å². The van der Waals surface area contributed by atoms with E-state index >= 15 is 0 Å². The molecule has 0 saturated carbocycles. The summed E-state index contributed by atoms with van der Waals surface area (Å²) >= 11 is 0. The lowest BCUT2D eigenvalue weighted by Crippen LogP contribution is -2.47. The van der Waals surface area contributed by atoms with Crippen LogP contribution >= 0.6 is 0 Å². The highest BCUT2D eigenvalue weighted by atomic mass is 32.2. The first-order chi connectivity index (χ1) is 8.88. The summed E-state index contributed by atoms with van der Waals surface area (Å²) in [5, 5.41) is 3.76. The lowest BCUT2D eigenvalue weighted by atomic mass is 10.2. The number of urea groups is 1. The van der Waals surface area contributed by atoms with Crippen LogP contribution in [0.4, 0.5) is 4.79 Å². The third kappa shape index (κ3) is 3.11. The van der Waals surface area contributed by atoms with Gasteiger partial charge in [0.05, 0.1) is 17.2 Å². The molecule has 6 nitrogen and oxygen atoms in total. The number of carbonyl (C=O) groups is 1. The second-order valence-corrected chi connectivity index (χ2v) is 6.48. The van der Waals surface area contributed by atoms with Crippen LogP contribution in [-0.2, 0) is 9.84 Å². The van der Waals surface area contributed by atoms with E-state index in [-0.39, 0.29) is 17.3 Å². The van der Waals surface area contributed by atoms with E-state index in [9.17, 15) is 13.2 Å². The number of sulfone groups is 1. The van der Waals surface area contributed by atoms with Gasteiger partial charge in [-0.05, 0) is 31.5 Å². The maximum absolute atomic E-state index is 12.2. The Hall–Kier alpha value is -1.89. The van der Waals surface area contributed by atoms with Gasteiger partial charge >= 0.3 is 6.03 Å². The second kappa shape index (κ2) is 5.00. The maximum atomic E-state index is 12.2. The van der Waals surface area contributed by atoms with Crippen LogP contribution in [0.25, 0.3) is 0 Å². The molecule has 1 heterocycles. The number of amides is 2. The van der Waals surface area contributed by atoms with E-state index in [0.29, 0.717) is 5.71 Å². The number of nitrogens with one attached hydrogen (secondary N) is 1. The normalized spacial score (nSPS) is 16.0. The van der Waals surface area contributed by atoms with E-state index in [4.69, 9.17) is 0 Å². The number of hydrogen-bond acceptors (Lipinski definition) is 4. The standard InChI is InChI=1S/C12H15N3O3S/c1-9-4-3-5-11(6-9)19(17,18)8-15-7-10(2)13-14-12(15)16/h3-6H,7-8H2,1-2H3,(H,14,16). The highest BCUT2D eigenvalue weighted by Crippen LogP contribution is 2.14. The first-order valence-corrected chi connectivity index (χ1v) is 7.41. The van der Waals surface area contributed by atoms with Gasteiger partial charge in [0.15, 0.2) is 9.84 Å². The Kier molecular flexibility index (Phi) is 3.57. The Balaban J connectivity index is 2.22. The van der Waals surface area contributed by atoms with Gasteiger partial charge in [0.1, 0.15) is 5.88 Å². The van der Waals surface area contributed by atoms with E-state index in [2.05, 4.69) is 10.5 Å². The Morgan fingerprint density at radius 1 is 1.37 bits per heavy atom. The summed E-state index contributed by atoms with van der Waals surface area (Å²) in [6, 6.07) is 6.14. The van der Waals surface area contributed by atoms with Crippen LogP contribution in [0.2, 0.25) is 0 Å². The second-order valence-electron chi connectivity index (χ2n) is 4.52. The van der Waals surface area contributed by atoms with Gasteiger partial charge in [-0.2, -0.15) is 5.10 Å². The average Bonchev–Trinajstić information content (AvgIpc) is 2.33. The van der Waals surface area contributed by atoms with Gasteiger partial charge in [-0.1, -0.05) is 12.1 Å². The molecule has 2 amide bonds. The zero-order chi connectivity index (χ0) is 14.0. The lowest BCUT2D eigenvalue weighted by Gasteiger charge is -2.25. The van der Waals surface area contributed by atoms with Gasteiger partial charge < -0.3 is 4.90 Å². The Bertz CT molecular complexity index is 637. The van der Waals surface area contributed by atoms with Crippen LogP contribution in [0.15, 0.2) is 34.3 Å².